The topological polar surface area (TPSA) is 93.5 Å². The summed E-state index contributed by atoms with van der Waals surface area (Å²) in [6, 6.07) is 14.4. The van der Waals surface area contributed by atoms with Crippen LogP contribution in [0.25, 0.3) is 11.1 Å². The molecule has 1 amide bonds. The lowest BCUT2D eigenvalue weighted by Gasteiger charge is -2.11. The van der Waals surface area contributed by atoms with Gasteiger partial charge in [0.25, 0.3) is 5.91 Å². The molecule has 2 aromatic rings. The Balaban J connectivity index is 1.71. The van der Waals surface area contributed by atoms with Crippen molar-refractivity contribution in [1.29, 1.82) is 0 Å². The number of aryl methyl sites for hydroxylation is 1. The first-order valence-electron chi connectivity index (χ1n) is 8.58. The van der Waals surface area contributed by atoms with Gasteiger partial charge in [-0.05, 0) is 42.6 Å². The van der Waals surface area contributed by atoms with E-state index in [-0.39, 0.29) is 11.9 Å². The van der Waals surface area contributed by atoms with Crippen molar-refractivity contribution in [2.45, 2.75) is 25.8 Å². The molecule has 0 unspecified atom stereocenters. The molecular formula is C20H24N4O. The zero-order chi connectivity index (χ0) is 17.8. The van der Waals surface area contributed by atoms with E-state index in [4.69, 9.17) is 11.5 Å². The van der Waals surface area contributed by atoms with Gasteiger partial charge in [-0.1, -0.05) is 42.0 Å². The van der Waals surface area contributed by atoms with Crippen LogP contribution in [0.2, 0.25) is 0 Å². The Morgan fingerprint density at radius 3 is 2.64 bits per heavy atom. The molecule has 5 nitrogen and oxygen atoms in total. The van der Waals surface area contributed by atoms with Crippen molar-refractivity contribution in [3.63, 3.8) is 0 Å². The van der Waals surface area contributed by atoms with Gasteiger partial charge in [0, 0.05) is 19.0 Å². The zero-order valence-corrected chi connectivity index (χ0v) is 14.5. The summed E-state index contributed by atoms with van der Waals surface area (Å²) in [5.41, 5.74) is 17.3. The third-order valence-electron chi connectivity index (χ3n) is 4.41. The lowest BCUT2D eigenvalue weighted by atomic mass is 10.0. The first kappa shape index (κ1) is 17.3. The molecule has 2 aromatic carbocycles. The number of hydrogen-bond donors (Lipinski definition) is 3. The van der Waals surface area contributed by atoms with Gasteiger partial charge in [-0.2, -0.15) is 0 Å². The summed E-state index contributed by atoms with van der Waals surface area (Å²) in [4.78, 5) is 16.8. The number of nitrogens with two attached hydrogens (primary N) is 2. The van der Waals surface area contributed by atoms with E-state index in [1.54, 1.807) is 0 Å². The van der Waals surface area contributed by atoms with Crippen LogP contribution >= 0.6 is 0 Å². The summed E-state index contributed by atoms with van der Waals surface area (Å²) in [5, 5.41) is 2.85. The Kier molecular flexibility index (Phi) is 5.26. The number of fused-ring (bicyclic) bond motifs is 1. The monoisotopic (exact) mass is 336 g/mol. The molecule has 0 saturated heterocycles. The summed E-state index contributed by atoms with van der Waals surface area (Å²) >= 11 is 0. The van der Waals surface area contributed by atoms with Crippen LogP contribution in [-0.4, -0.2) is 30.8 Å². The van der Waals surface area contributed by atoms with E-state index < -0.39 is 0 Å². The van der Waals surface area contributed by atoms with E-state index >= 15 is 0 Å². The predicted octanol–water partition coefficient (Wildman–Crippen LogP) is 2.08. The van der Waals surface area contributed by atoms with Crippen molar-refractivity contribution in [2.24, 2.45) is 16.5 Å². The lowest BCUT2D eigenvalue weighted by Crippen LogP contribution is -2.41. The summed E-state index contributed by atoms with van der Waals surface area (Å²) in [6.07, 6.45) is 1.24. The highest BCUT2D eigenvalue weighted by atomic mass is 16.1. The molecule has 1 aliphatic heterocycles. The molecule has 3 rings (SSSR count). The van der Waals surface area contributed by atoms with E-state index in [2.05, 4.69) is 53.6 Å². The average molecular weight is 336 g/mol. The first-order valence-corrected chi connectivity index (χ1v) is 8.58. The van der Waals surface area contributed by atoms with E-state index in [9.17, 15) is 4.79 Å². The largest absolute Gasteiger partial charge is 0.349 e. The van der Waals surface area contributed by atoms with Gasteiger partial charge in [-0.3, -0.25) is 4.79 Å². The van der Waals surface area contributed by atoms with Crippen molar-refractivity contribution in [3.8, 4) is 11.1 Å². The second-order valence-corrected chi connectivity index (χ2v) is 6.49. The van der Waals surface area contributed by atoms with Crippen molar-refractivity contribution < 1.29 is 4.79 Å². The van der Waals surface area contributed by atoms with E-state index in [0.29, 0.717) is 31.6 Å². The molecule has 0 radical (unpaired) electrons. The fourth-order valence-corrected chi connectivity index (χ4v) is 2.88. The number of nitrogens with one attached hydrogen (secondary N) is 1. The first-order chi connectivity index (χ1) is 12.1. The van der Waals surface area contributed by atoms with Gasteiger partial charge < -0.3 is 16.8 Å². The lowest BCUT2D eigenvalue weighted by molar-refractivity contribution is -0.114. The Bertz CT molecular complexity index is 796. The number of carbonyl (C=O) groups is 1. The molecule has 130 valence electrons. The number of amides is 1. The second-order valence-electron chi connectivity index (χ2n) is 6.49. The average Bonchev–Trinajstić information content (AvgIpc) is 3.04. The third-order valence-corrected chi connectivity index (χ3v) is 4.41. The van der Waals surface area contributed by atoms with Crippen LogP contribution in [0, 0.1) is 6.92 Å². The Hall–Kier alpha value is -2.50. The summed E-state index contributed by atoms with van der Waals surface area (Å²) in [7, 11) is 0. The van der Waals surface area contributed by atoms with Crippen LogP contribution < -0.4 is 16.8 Å². The van der Waals surface area contributed by atoms with Crippen LogP contribution in [0.1, 0.15) is 17.5 Å². The fourth-order valence-electron chi connectivity index (χ4n) is 2.88. The molecule has 5 heteroatoms. The maximum absolute atomic E-state index is 12.3. The number of carbonyl (C=O) groups excluding carboxylic acids is 1. The molecule has 0 fully saturated rings. The molecule has 0 spiro atoms. The number of hydrogen-bond acceptors (Lipinski definition) is 4. The fraction of sp³-hybridized carbons (Fsp3) is 0.300. The number of aliphatic imine (C=N–C) groups is 1. The molecule has 1 heterocycles. The standard InChI is InChI=1S/C20H24N4O/c1-13-2-4-14(5-3-13)15-6-7-16-11-19(24-18(16)10-15)20(25)23-12-17(22)8-9-21/h2-7,10,17H,8-9,11-12,21-22H2,1H3,(H,23,25)/t17-/m0/s1. The molecular weight excluding hydrogens is 312 g/mol. The molecule has 0 aliphatic carbocycles. The molecule has 0 saturated carbocycles. The van der Waals surface area contributed by atoms with Gasteiger partial charge in [-0.15, -0.1) is 0 Å². The molecule has 5 N–H and O–H groups in total. The predicted molar refractivity (Wildman–Crippen MR) is 102 cm³/mol. The van der Waals surface area contributed by atoms with Crippen LogP contribution in [0.4, 0.5) is 5.69 Å². The van der Waals surface area contributed by atoms with Crippen molar-refractivity contribution in [3.05, 3.63) is 53.6 Å². The van der Waals surface area contributed by atoms with Crippen LogP contribution in [-0.2, 0) is 11.2 Å². The van der Waals surface area contributed by atoms with Gasteiger partial charge in [0.2, 0.25) is 0 Å². The van der Waals surface area contributed by atoms with Crippen LogP contribution in [0.15, 0.2) is 47.5 Å². The minimum Gasteiger partial charge on any atom is -0.349 e. The van der Waals surface area contributed by atoms with Gasteiger partial charge in [0.05, 0.1) is 5.69 Å². The normalized spacial score (nSPS) is 14.0. The van der Waals surface area contributed by atoms with Crippen molar-refractivity contribution in [2.75, 3.05) is 13.1 Å². The summed E-state index contributed by atoms with van der Waals surface area (Å²) < 4.78 is 0. The van der Waals surface area contributed by atoms with Gasteiger partial charge >= 0.3 is 0 Å². The molecule has 1 atom stereocenters. The highest BCUT2D eigenvalue weighted by molar-refractivity contribution is 6.40. The Morgan fingerprint density at radius 1 is 1.20 bits per heavy atom. The maximum Gasteiger partial charge on any atom is 0.266 e. The van der Waals surface area contributed by atoms with Crippen LogP contribution in [0.5, 0.6) is 0 Å². The van der Waals surface area contributed by atoms with E-state index in [1.165, 1.54) is 5.56 Å². The Labute approximate surface area is 148 Å². The number of nitrogens with zero attached hydrogens (tertiary/aromatic N) is 1. The minimum absolute atomic E-state index is 0.119. The molecule has 1 aliphatic rings. The SMILES string of the molecule is Cc1ccc(-c2ccc3c(c2)N=C(C(=O)NC[C@@H](N)CCN)C3)cc1. The van der Waals surface area contributed by atoms with Crippen LogP contribution in [0.3, 0.4) is 0 Å². The van der Waals surface area contributed by atoms with Gasteiger partial charge in [0.15, 0.2) is 0 Å². The highest BCUT2D eigenvalue weighted by Crippen LogP contribution is 2.32. The highest BCUT2D eigenvalue weighted by Gasteiger charge is 2.21. The maximum atomic E-state index is 12.3. The van der Waals surface area contributed by atoms with Crippen molar-refractivity contribution in [1.82, 2.24) is 5.32 Å². The van der Waals surface area contributed by atoms with Crippen molar-refractivity contribution >= 4 is 17.3 Å². The summed E-state index contributed by atoms with van der Waals surface area (Å²) in [6.45, 7) is 3.01. The third kappa shape index (κ3) is 4.13. The second kappa shape index (κ2) is 7.59. The van der Waals surface area contributed by atoms with E-state index in [0.717, 1.165) is 22.4 Å². The zero-order valence-electron chi connectivity index (χ0n) is 14.5. The van der Waals surface area contributed by atoms with Gasteiger partial charge in [0.1, 0.15) is 5.71 Å². The molecule has 25 heavy (non-hydrogen) atoms. The number of rotatable bonds is 6. The molecule has 0 bridgehead atoms. The van der Waals surface area contributed by atoms with Gasteiger partial charge in [-0.25, -0.2) is 4.99 Å². The Morgan fingerprint density at radius 2 is 1.92 bits per heavy atom. The number of benzene rings is 2. The molecule has 0 aromatic heterocycles. The smallest absolute Gasteiger partial charge is 0.266 e. The minimum atomic E-state index is -0.152. The quantitative estimate of drug-likeness (QED) is 0.754. The van der Waals surface area contributed by atoms with E-state index in [1.807, 2.05) is 6.07 Å². The summed E-state index contributed by atoms with van der Waals surface area (Å²) in [5.74, 6) is -0.152.